The van der Waals surface area contributed by atoms with Crippen LogP contribution in [-0.2, 0) is 16.1 Å². The van der Waals surface area contributed by atoms with Crippen molar-refractivity contribution in [2.45, 2.75) is 39.5 Å². The zero-order valence-electron chi connectivity index (χ0n) is 12.0. The summed E-state index contributed by atoms with van der Waals surface area (Å²) in [7, 11) is 1.34. The highest BCUT2D eigenvalue weighted by atomic mass is 79.9. The number of nitrogens with one attached hydrogen (secondary N) is 1. The average molecular weight is 409 g/mol. The molecule has 0 bridgehead atoms. The van der Waals surface area contributed by atoms with Crippen LogP contribution in [0.1, 0.15) is 26.3 Å². The molecule has 0 amide bonds. The monoisotopic (exact) mass is 407 g/mol. The van der Waals surface area contributed by atoms with Gasteiger partial charge >= 0.3 is 5.97 Å². The zero-order chi connectivity index (χ0) is 15.3. The summed E-state index contributed by atoms with van der Waals surface area (Å²) in [6, 6.07) is 4.36. The van der Waals surface area contributed by atoms with Crippen LogP contribution in [0.5, 0.6) is 5.75 Å². The van der Waals surface area contributed by atoms with Gasteiger partial charge in [0, 0.05) is 12.6 Å². The summed E-state index contributed by atoms with van der Waals surface area (Å²) >= 11 is 6.94. The molecule has 1 N–H and O–H groups in total. The number of carbonyl (C=O) groups is 1. The lowest BCUT2D eigenvalue weighted by atomic mass is 10.2. The molecule has 0 spiro atoms. The first kappa shape index (κ1) is 17.5. The molecule has 1 aromatic carbocycles. The fraction of sp³-hybridized carbons (Fsp3) is 0.500. The molecule has 0 heterocycles. The maximum absolute atomic E-state index is 11.4. The van der Waals surface area contributed by atoms with Crippen LogP contribution in [0.3, 0.4) is 0 Å². The van der Waals surface area contributed by atoms with Crippen molar-refractivity contribution in [3.05, 3.63) is 26.6 Å². The molecule has 0 aliphatic heterocycles. The molecule has 0 radical (unpaired) electrons. The van der Waals surface area contributed by atoms with Gasteiger partial charge in [-0.2, -0.15) is 0 Å². The first-order valence-electron chi connectivity index (χ1n) is 6.31. The molecule has 1 atom stereocenters. The molecule has 4 nitrogen and oxygen atoms in total. The normalized spacial score (nSPS) is 12.3. The van der Waals surface area contributed by atoms with Crippen molar-refractivity contribution in [3.63, 3.8) is 0 Å². The van der Waals surface area contributed by atoms with E-state index in [1.165, 1.54) is 7.11 Å². The van der Waals surface area contributed by atoms with E-state index in [0.29, 0.717) is 11.8 Å². The third-order valence-corrected chi connectivity index (χ3v) is 3.78. The Kier molecular flexibility index (Phi) is 6.99. The predicted octanol–water partition coefficient (Wildman–Crippen LogP) is 3.65. The van der Waals surface area contributed by atoms with E-state index in [0.717, 1.165) is 21.1 Å². The van der Waals surface area contributed by atoms with Crippen molar-refractivity contribution in [3.8, 4) is 5.75 Å². The van der Waals surface area contributed by atoms with E-state index in [1.54, 1.807) is 6.92 Å². The second-order valence-corrected chi connectivity index (χ2v) is 6.42. The van der Waals surface area contributed by atoms with Gasteiger partial charge < -0.3 is 14.8 Å². The molecule has 0 saturated heterocycles. The van der Waals surface area contributed by atoms with Crippen molar-refractivity contribution < 1.29 is 14.3 Å². The Bertz CT molecular complexity index is 454. The van der Waals surface area contributed by atoms with Crippen molar-refractivity contribution >= 4 is 37.8 Å². The fourth-order valence-electron chi connectivity index (χ4n) is 1.54. The summed E-state index contributed by atoms with van der Waals surface area (Å²) in [5.41, 5.74) is 1.12. The number of halogens is 2. The van der Waals surface area contributed by atoms with E-state index in [4.69, 9.17) is 4.74 Å². The van der Waals surface area contributed by atoms with E-state index in [2.05, 4.69) is 55.8 Å². The molecule has 1 unspecified atom stereocenters. The summed E-state index contributed by atoms with van der Waals surface area (Å²) in [4.78, 5) is 11.4. The molecule has 0 saturated carbocycles. The van der Waals surface area contributed by atoms with Gasteiger partial charge in [-0.3, -0.25) is 0 Å². The Morgan fingerprint density at radius 2 is 1.80 bits per heavy atom. The highest BCUT2D eigenvalue weighted by molar-refractivity contribution is 9.11. The lowest BCUT2D eigenvalue weighted by Gasteiger charge is -2.16. The zero-order valence-corrected chi connectivity index (χ0v) is 15.2. The quantitative estimate of drug-likeness (QED) is 0.729. The largest absolute Gasteiger partial charge is 0.477 e. The van der Waals surface area contributed by atoms with Crippen molar-refractivity contribution in [2.75, 3.05) is 7.11 Å². The van der Waals surface area contributed by atoms with E-state index < -0.39 is 12.1 Å². The second-order valence-electron chi connectivity index (χ2n) is 4.71. The molecule has 20 heavy (non-hydrogen) atoms. The van der Waals surface area contributed by atoms with Crippen molar-refractivity contribution in [2.24, 2.45) is 0 Å². The van der Waals surface area contributed by atoms with Crippen LogP contribution >= 0.6 is 31.9 Å². The van der Waals surface area contributed by atoms with Gasteiger partial charge in [0.2, 0.25) is 0 Å². The highest BCUT2D eigenvalue weighted by Crippen LogP contribution is 2.35. The van der Waals surface area contributed by atoms with Gasteiger partial charge in [-0.1, -0.05) is 13.8 Å². The molecule has 1 rings (SSSR count). The number of esters is 1. The SMILES string of the molecule is COC(=O)C(C)Oc1c(Br)cc(CNC(C)C)cc1Br. The van der Waals surface area contributed by atoms with Crippen LogP contribution in [-0.4, -0.2) is 25.2 Å². The van der Waals surface area contributed by atoms with E-state index in [-0.39, 0.29) is 0 Å². The van der Waals surface area contributed by atoms with Crippen LogP contribution in [0, 0.1) is 0 Å². The Hall–Kier alpha value is -0.590. The smallest absolute Gasteiger partial charge is 0.346 e. The molecule has 0 aliphatic rings. The minimum Gasteiger partial charge on any atom is -0.477 e. The molecule has 112 valence electrons. The standard InChI is InChI=1S/C14H19Br2NO3/c1-8(2)17-7-10-5-11(15)13(12(16)6-10)20-9(3)14(18)19-4/h5-6,8-9,17H,7H2,1-4H3. The molecule has 1 aromatic rings. The number of carbonyl (C=O) groups excluding carboxylic acids is 1. The van der Waals surface area contributed by atoms with E-state index in [1.807, 2.05) is 12.1 Å². The van der Waals surface area contributed by atoms with Crippen LogP contribution < -0.4 is 10.1 Å². The van der Waals surface area contributed by atoms with Crippen molar-refractivity contribution in [1.29, 1.82) is 0 Å². The van der Waals surface area contributed by atoms with Crippen LogP contribution in [0.25, 0.3) is 0 Å². The van der Waals surface area contributed by atoms with Gasteiger partial charge in [0.1, 0.15) is 5.75 Å². The minimum atomic E-state index is -0.660. The van der Waals surface area contributed by atoms with Gasteiger partial charge in [-0.05, 0) is 56.5 Å². The summed E-state index contributed by atoms with van der Waals surface area (Å²) in [6.45, 7) is 6.61. The van der Waals surface area contributed by atoms with Crippen LogP contribution in [0.15, 0.2) is 21.1 Å². The summed E-state index contributed by atoms with van der Waals surface area (Å²) < 4.78 is 11.9. The van der Waals surface area contributed by atoms with E-state index in [9.17, 15) is 4.79 Å². The first-order chi connectivity index (χ1) is 9.35. The lowest BCUT2D eigenvalue weighted by Crippen LogP contribution is -2.25. The third-order valence-electron chi connectivity index (χ3n) is 2.60. The molecular formula is C14H19Br2NO3. The second kappa shape index (κ2) is 8.00. The Labute approximate surface area is 136 Å². The Morgan fingerprint density at radius 3 is 2.25 bits per heavy atom. The molecular weight excluding hydrogens is 390 g/mol. The van der Waals surface area contributed by atoms with Gasteiger partial charge in [0.15, 0.2) is 6.10 Å². The van der Waals surface area contributed by atoms with Crippen LogP contribution in [0.4, 0.5) is 0 Å². The summed E-state index contributed by atoms with van der Waals surface area (Å²) in [5, 5.41) is 3.35. The number of rotatable bonds is 6. The Balaban J connectivity index is 2.86. The maximum Gasteiger partial charge on any atom is 0.346 e. The Morgan fingerprint density at radius 1 is 1.25 bits per heavy atom. The highest BCUT2D eigenvalue weighted by Gasteiger charge is 2.18. The average Bonchev–Trinajstić information content (AvgIpc) is 2.39. The van der Waals surface area contributed by atoms with Gasteiger partial charge in [-0.25, -0.2) is 4.79 Å². The number of ether oxygens (including phenoxy) is 2. The third kappa shape index (κ3) is 5.07. The molecule has 6 heteroatoms. The number of hydrogen-bond donors (Lipinski definition) is 1. The minimum absolute atomic E-state index is 0.408. The summed E-state index contributed by atoms with van der Waals surface area (Å²) in [6.07, 6.45) is -0.660. The van der Waals surface area contributed by atoms with E-state index >= 15 is 0 Å². The van der Waals surface area contributed by atoms with Gasteiger partial charge in [-0.15, -0.1) is 0 Å². The van der Waals surface area contributed by atoms with Crippen molar-refractivity contribution in [1.82, 2.24) is 5.32 Å². The summed E-state index contributed by atoms with van der Waals surface area (Å²) in [5.74, 6) is 0.186. The van der Waals surface area contributed by atoms with Gasteiger partial charge in [0.05, 0.1) is 16.1 Å². The maximum atomic E-state index is 11.4. The lowest BCUT2D eigenvalue weighted by molar-refractivity contribution is -0.147. The first-order valence-corrected chi connectivity index (χ1v) is 7.89. The molecule has 0 aromatic heterocycles. The fourth-order valence-corrected chi connectivity index (χ4v) is 3.01. The topological polar surface area (TPSA) is 47.6 Å². The number of benzene rings is 1. The van der Waals surface area contributed by atoms with Gasteiger partial charge in [0.25, 0.3) is 0 Å². The number of hydrogen-bond acceptors (Lipinski definition) is 4. The van der Waals surface area contributed by atoms with Crippen LogP contribution in [0.2, 0.25) is 0 Å². The molecule has 0 fully saturated rings. The number of methoxy groups -OCH3 is 1. The molecule has 0 aliphatic carbocycles. The predicted molar refractivity (Wildman–Crippen MR) is 85.9 cm³/mol.